The fourth-order valence-corrected chi connectivity index (χ4v) is 2.18. The molecular weight excluding hydrogens is 291 g/mol. The molecule has 4 nitrogen and oxygen atoms in total. The van der Waals surface area contributed by atoms with Crippen LogP contribution >= 0.6 is 11.6 Å². The largest absolute Gasteiger partial charge is 0.379 e. The molecule has 1 heterocycles. The topological polar surface area (TPSA) is 53.6 Å². The van der Waals surface area contributed by atoms with Gasteiger partial charge in [0.15, 0.2) is 0 Å². The third-order valence-corrected chi connectivity index (χ3v) is 3.34. The summed E-state index contributed by atoms with van der Waals surface area (Å²) in [6.07, 6.45) is 0. The van der Waals surface area contributed by atoms with E-state index in [0.717, 1.165) is 22.6 Å². The van der Waals surface area contributed by atoms with Gasteiger partial charge in [-0.2, -0.15) is 15.4 Å². The van der Waals surface area contributed by atoms with Crippen LogP contribution < -0.4 is 5.32 Å². The Kier molecular flexibility index (Phi) is 3.83. The first-order valence-corrected chi connectivity index (χ1v) is 6.76. The lowest BCUT2D eigenvalue weighted by Gasteiger charge is -2.06. The number of H-pyrrole nitrogens is 1. The minimum atomic E-state index is -0.436. The summed E-state index contributed by atoms with van der Waals surface area (Å²) in [4.78, 5) is 0. The molecule has 6 heteroatoms. The van der Waals surface area contributed by atoms with Crippen molar-refractivity contribution in [1.29, 1.82) is 0 Å². The molecule has 3 rings (SSSR count). The summed E-state index contributed by atoms with van der Waals surface area (Å²) < 4.78 is 13.1. The van der Waals surface area contributed by atoms with Crippen molar-refractivity contribution in [2.75, 3.05) is 5.32 Å². The Hall–Kier alpha value is -2.40. The highest BCUT2D eigenvalue weighted by Gasteiger charge is 2.10. The summed E-state index contributed by atoms with van der Waals surface area (Å²) in [6.45, 7) is 0.461. The summed E-state index contributed by atoms with van der Waals surface area (Å²) >= 11 is 5.75. The number of halogens is 2. The smallest absolute Gasteiger partial charge is 0.141 e. The van der Waals surface area contributed by atoms with Gasteiger partial charge in [-0.1, -0.05) is 41.9 Å². The van der Waals surface area contributed by atoms with E-state index < -0.39 is 5.82 Å². The number of anilines is 1. The quantitative estimate of drug-likeness (QED) is 0.769. The zero-order chi connectivity index (χ0) is 14.7. The van der Waals surface area contributed by atoms with Crippen LogP contribution in [0.2, 0.25) is 5.02 Å². The van der Waals surface area contributed by atoms with Gasteiger partial charge in [-0.05, 0) is 18.2 Å². The molecule has 0 bridgehead atoms. The van der Waals surface area contributed by atoms with Gasteiger partial charge in [-0.3, -0.25) is 0 Å². The van der Waals surface area contributed by atoms with Crippen LogP contribution in [-0.4, -0.2) is 15.4 Å². The number of nitrogens with zero attached hydrogens (tertiary/aromatic N) is 2. The van der Waals surface area contributed by atoms with Crippen molar-refractivity contribution >= 4 is 17.3 Å². The second-order valence-electron chi connectivity index (χ2n) is 4.47. The minimum absolute atomic E-state index is 0.0865. The van der Waals surface area contributed by atoms with Crippen LogP contribution in [0.1, 0.15) is 5.69 Å². The third-order valence-electron chi connectivity index (χ3n) is 3.05. The number of benzene rings is 2. The highest BCUT2D eigenvalue weighted by molar-refractivity contribution is 6.31. The van der Waals surface area contributed by atoms with Crippen LogP contribution in [0.15, 0.2) is 48.5 Å². The minimum Gasteiger partial charge on any atom is -0.379 e. The van der Waals surface area contributed by atoms with Gasteiger partial charge in [0.25, 0.3) is 0 Å². The number of rotatable bonds is 4. The summed E-state index contributed by atoms with van der Waals surface area (Å²) in [5.74, 6) is -0.436. The predicted octanol–water partition coefficient (Wildman–Crippen LogP) is 3.88. The summed E-state index contributed by atoms with van der Waals surface area (Å²) in [6, 6.07) is 14.3. The van der Waals surface area contributed by atoms with Crippen molar-refractivity contribution in [3.05, 3.63) is 65.1 Å². The fraction of sp³-hybridized carbons (Fsp3) is 0.0667. The van der Waals surface area contributed by atoms with Crippen molar-refractivity contribution in [3.63, 3.8) is 0 Å². The maximum atomic E-state index is 13.1. The molecule has 0 aliphatic carbocycles. The molecule has 0 radical (unpaired) electrons. The van der Waals surface area contributed by atoms with E-state index in [1.165, 1.54) is 6.07 Å². The molecule has 0 saturated heterocycles. The van der Waals surface area contributed by atoms with E-state index in [1.54, 1.807) is 12.1 Å². The lowest BCUT2D eigenvalue weighted by Crippen LogP contribution is -2.01. The maximum Gasteiger partial charge on any atom is 0.141 e. The normalized spacial score (nSPS) is 10.6. The Bertz CT molecular complexity index is 742. The molecule has 0 fully saturated rings. The van der Waals surface area contributed by atoms with Crippen molar-refractivity contribution < 1.29 is 4.39 Å². The monoisotopic (exact) mass is 302 g/mol. The van der Waals surface area contributed by atoms with Crippen molar-refractivity contribution in [2.45, 2.75) is 6.54 Å². The second kappa shape index (κ2) is 5.93. The fourth-order valence-electron chi connectivity index (χ4n) is 2.00. The van der Waals surface area contributed by atoms with E-state index in [4.69, 9.17) is 11.6 Å². The SMILES string of the molecule is Fc1ccc(NCc2n[nH]nc2-c2ccccc2)cc1Cl. The molecular formula is C15H12ClFN4. The van der Waals surface area contributed by atoms with Crippen molar-refractivity contribution in [3.8, 4) is 11.3 Å². The van der Waals surface area contributed by atoms with Gasteiger partial charge in [0.05, 0.1) is 11.6 Å². The number of hydrogen-bond acceptors (Lipinski definition) is 3. The molecule has 2 N–H and O–H groups in total. The first kappa shape index (κ1) is 13.6. The average molecular weight is 303 g/mol. The Morgan fingerprint density at radius 2 is 1.90 bits per heavy atom. The summed E-state index contributed by atoms with van der Waals surface area (Å²) in [5, 5.41) is 14.2. The summed E-state index contributed by atoms with van der Waals surface area (Å²) in [7, 11) is 0. The second-order valence-corrected chi connectivity index (χ2v) is 4.87. The molecule has 0 saturated carbocycles. The molecule has 1 aromatic heterocycles. The number of aromatic nitrogens is 3. The summed E-state index contributed by atoms with van der Waals surface area (Å²) in [5.41, 5.74) is 3.28. The molecule has 2 aromatic carbocycles. The van der Waals surface area contributed by atoms with Crippen LogP contribution in [0.5, 0.6) is 0 Å². The lowest BCUT2D eigenvalue weighted by molar-refractivity contribution is 0.628. The zero-order valence-electron chi connectivity index (χ0n) is 11.0. The highest BCUT2D eigenvalue weighted by atomic mass is 35.5. The Morgan fingerprint density at radius 3 is 2.67 bits per heavy atom. The standard InChI is InChI=1S/C15H12ClFN4/c16-12-8-11(6-7-13(12)17)18-9-14-15(20-21-19-14)10-4-2-1-3-5-10/h1-8,18H,9H2,(H,19,20,21). The molecule has 0 amide bonds. The molecule has 0 aliphatic rings. The zero-order valence-corrected chi connectivity index (χ0v) is 11.7. The van der Waals surface area contributed by atoms with Crippen molar-refractivity contribution in [2.24, 2.45) is 0 Å². The maximum absolute atomic E-state index is 13.1. The molecule has 0 aliphatic heterocycles. The molecule has 3 aromatic rings. The first-order valence-electron chi connectivity index (χ1n) is 6.38. The Labute approximate surface area is 126 Å². The van der Waals surface area contributed by atoms with Gasteiger partial charge in [0.2, 0.25) is 0 Å². The third kappa shape index (κ3) is 3.03. The van der Waals surface area contributed by atoms with E-state index in [2.05, 4.69) is 20.7 Å². The van der Waals surface area contributed by atoms with Crippen LogP contribution in [0, 0.1) is 5.82 Å². The van der Waals surface area contributed by atoms with Crippen molar-refractivity contribution in [1.82, 2.24) is 15.4 Å². The van der Waals surface area contributed by atoms with Crippen LogP contribution in [-0.2, 0) is 6.54 Å². The molecule has 0 spiro atoms. The van der Waals surface area contributed by atoms with Gasteiger partial charge in [0, 0.05) is 11.3 Å². The van der Waals surface area contributed by atoms with Crippen LogP contribution in [0.3, 0.4) is 0 Å². The van der Waals surface area contributed by atoms with Gasteiger partial charge in [0.1, 0.15) is 17.2 Å². The number of aromatic amines is 1. The van der Waals surface area contributed by atoms with E-state index in [-0.39, 0.29) is 5.02 Å². The van der Waals surface area contributed by atoms with E-state index in [1.807, 2.05) is 30.3 Å². The van der Waals surface area contributed by atoms with Crippen LogP contribution in [0.25, 0.3) is 11.3 Å². The van der Waals surface area contributed by atoms with Gasteiger partial charge >= 0.3 is 0 Å². The highest BCUT2D eigenvalue weighted by Crippen LogP contribution is 2.22. The molecule has 0 unspecified atom stereocenters. The lowest BCUT2D eigenvalue weighted by atomic mass is 10.1. The molecule has 0 atom stereocenters. The Balaban J connectivity index is 1.77. The van der Waals surface area contributed by atoms with E-state index in [9.17, 15) is 4.39 Å². The number of hydrogen-bond donors (Lipinski definition) is 2. The van der Waals surface area contributed by atoms with Gasteiger partial charge < -0.3 is 5.32 Å². The number of nitrogens with one attached hydrogen (secondary N) is 2. The van der Waals surface area contributed by atoms with Crippen LogP contribution in [0.4, 0.5) is 10.1 Å². The predicted molar refractivity (Wildman–Crippen MR) is 80.6 cm³/mol. The van der Waals surface area contributed by atoms with Gasteiger partial charge in [-0.15, -0.1) is 0 Å². The van der Waals surface area contributed by atoms with E-state index in [0.29, 0.717) is 6.54 Å². The first-order chi connectivity index (χ1) is 10.2. The molecule has 106 valence electrons. The Morgan fingerprint density at radius 1 is 1.10 bits per heavy atom. The molecule has 21 heavy (non-hydrogen) atoms. The van der Waals surface area contributed by atoms with Gasteiger partial charge in [-0.25, -0.2) is 4.39 Å². The average Bonchev–Trinajstić information content (AvgIpc) is 2.98. The van der Waals surface area contributed by atoms with E-state index >= 15 is 0 Å².